The first-order valence-electron chi connectivity index (χ1n) is 5.39. The van der Waals surface area contributed by atoms with Gasteiger partial charge in [0, 0.05) is 0 Å². The molecule has 0 radical (unpaired) electrons. The molecule has 0 bridgehead atoms. The van der Waals surface area contributed by atoms with Gasteiger partial charge in [-0.2, -0.15) is 8.78 Å². The fourth-order valence-electron chi connectivity index (χ4n) is 1.52. The number of carbonyl (C=O) groups is 2. The maximum Gasteiger partial charge on any atom is 0.387 e. The third-order valence-electron chi connectivity index (χ3n) is 2.36. The number of thiocarbonyl (C=S) groups is 1. The Morgan fingerprint density at radius 3 is 2.15 bits per heavy atom. The molecule has 1 aromatic rings. The lowest BCUT2D eigenvalue weighted by Crippen LogP contribution is -2.51. The van der Waals surface area contributed by atoms with Gasteiger partial charge in [-0.1, -0.05) is 12.1 Å². The van der Waals surface area contributed by atoms with Crippen molar-refractivity contribution in [2.75, 3.05) is 0 Å². The van der Waals surface area contributed by atoms with Crippen LogP contribution in [0.2, 0.25) is 0 Å². The SMILES string of the molecule is O=C1NC(=S)NC(=O)C1=Cc1ccc(OC(F)F)cc1. The van der Waals surface area contributed by atoms with Gasteiger partial charge in [0.25, 0.3) is 11.8 Å². The van der Waals surface area contributed by atoms with Crippen LogP contribution in [0.5, 0.6) is 5.75 Å². The van der Waals surface area contributed by atoms with Crippen molar-refractivity contribution in [3.63, 3.8) is 0 Å². The van der Waals surface area contributed by atoms with Crippen LogP contribution in [-0.4, -0.2) is 23.5 Å². The minimum atomic E-state index is -2.91. The lowest BCUT2D eigenvalue weighted by Gasteiger charge is -2.16. The molecule has 5 nitrogen and oxygen atoms in total. The molecule has 2 amide bonds. The highest BCUT2D eigenvalue weighted by atomic mass is 32.1. The summed E-state index contributed by atoms with van der Waals surface area (Å²) in [5.74, 6) is -1.25. The van der Waals surface area contributed by atoms with E-state index in [1.807, 2.05) is 0 Å². The van der Waals surface area contributed by atoms with E-state index in [2.05, 4.69) is 27.6 Å². The normalized spacial score (nSPS) is 14.9. The van der Waals surface area contributed by atoms with Gasteiger partial charge in [0.1, 0.15) is 11.3 Å². The highest BCUT2D eigenvalue weighted by Gasteiger charge is 2.25. The average molecular weight is 298 g/mol. The van der Waals surface area contributed by atoms with Crippen LogP contribution in [0.3, 0.4) is 0 Å². The molecule has 1 heterocycles. The largest absolute Gasteiger partial charge is 0.435 e. The number of carbonyl (C=O) groups excluding carboxylic acids is 2. The number of alkyl halides is 2. The average Bonchev–Trinajstić information content (AvgIpc) is 2.35. The van der Waals surface area contributed by atoms with Gasteiger partial charge in [-0.05, 0) is 36.0 Å². The molecule has 0 unspecified atom stereocenters. The van der Waals surface area contributed by atoms with Crippen LogP contribution in [0.4, 0.5) is 8.78 Å². The van der Waals surface area contributed by atoms with Gasteiger partial charge in [0.05, 0.1) is 0 Å². The van der Waals surface area contributed by atoms with E-state index in [-0.39, 0.29) is 16.4 Å². The van der Waals surface area contributed by atoms with Crippen molar-refractivity contribution in [3.05, 3.63) is 35.4 Å². The zero-order valence-electron chi connectivity index (χ0n) is 9.85. The van der Waals surface area contributed by atoms with Crippen LogP contribution < -0.4 is 15.4 Å². The van der Waals surface area contributed by atoms with Gasteiger partial charge in [-0.25, -0.2) is 0 Å². The van der Waals surface area contributed by atoms with Crippen LogP contribution in [0.25, 0.3) is 6.08 Å². The third kappa shape index (κ3) is 3.35. The van der Waals surface area contributed by atoms with Gasteiger partial charge in [-0.15, -0.1) is 0 Å². The number of amides is 2. The Kier molecular flexibility index (Phi) is 4.04. The molecule has 1 saturated heterocycles. The van der Waals surface area contributed by atoms with E-state index in [4.69, 9.17) is 0 Å². The van der Waals surface area contributed by atoms with Crippen molar-refractivity contribution >= 4 is 35.2 Å². The summed E-state index contributed by atoms with van der Waals surface area (Å²) in [6.45, 7) is -2.91. The van der Waals surface area contributed by atoms with Crippen LogP contribution in [0.1, 0.15) is 5.56 Å². The summed E-state index contributed by atoms with van der Waals surface area (Å²) in [7, 11) is 0. The van der Waals surface area contributed by atoms with E-state index >= 15 is 0 Å². The standard InChI is InChI=1S/C12H8F2N2O3S/c13-11(14)19-7-3-1-6(2-4-7)5-8-9(17)15-12(20)16-10(8)18/h1-5,11H,(H2,15,16,17,18,20). The van der Waals surface area contributed by atoms with E-state index in [0.717, 1.165) is 0 Å². The molecule has 104 valence electrons. The van der Waals surface area contributed by atoms with Gasteiger partial charge in [0.2, 0.25) is 0 Å². The molecular weight excluding hydrogens is 290 g/mol. The summed E-state index contributed by atoms with van der Waals surface area (Å²) in [5, 5.41) is 4.51. The number of rotatable bonds is 3. The molecule has 2 N–H and O–H groups in total. The Bertz CT molecular complexity index is 577. The predicted molar refractivity (Wildman–Crippen MR) is 69.9 cm³/mol. The van der Waals surface area contributed by atoms with Gasteiger partial charge >= 0.3 is 6.61 Å². The lowest BCUT2D eigenvalue weighted by atomic mass is 10.1. The number of nitrogens with one attached hydrogen (secondary N) is 2. The summed E-state index contributed by atoms with van der Waals surface area (Å²) in [6.07, 6.45) is 1.32. The Labute approximate surface area is 117 Å². The molecule has 20 heavy (non-hydrogen) atoms. The first-order valence-corrected chi connectivity index (χ1v) is 5.80. The van der Waals surface area contributed by atoms with Crippen molar-refractivity contribution in [1.29, 1.82) is 0 Å². The first-order chi connectivity index (χ1) is 9.45. The van der Waals surface area contributed by atoms with Crippen molar-refractivity contribution in [3.8, 4) is 5.75 Å². The van der Waals surface area contributed by atoms with Crippen molar-refractivity contribution in [2.45, 2.75) is 6.61 Å². The minimum Gasteiger partial charge on any atom is -0.435 e. The molecule has 2 rings (SSSR count). The molecule has 0 atom stereocenters. The van der Waals surface area contributed by atoms with Gasteiger partial charge in [-0.3, -0.25) is 20.2 Å². The Balaban J connectivity index is 2.19. The van der Waals surface area contributed by atoms with E-state index in [9.17, 15) is 18.4 Å². The fourth-order valence-corrected chi connectivity index (χ4v) is 1.70. The van der Waals surface area contributed by atoms with E-state index < -0.39 is 18.4 Å². The number of hydrogen-bond donors (Lipinski definition) is 2. The smallest absolute Gasteiger partial charge is 0.387 e. The second-order valence-corrected chi connectivity index (χ2v) is 4.15. The lowest BCUT2D eigenvalue weighted by molar-refractivity contribution is -0.123. The number of hydrogen-bond acceptors (Lipinski definition) is 4. The molecule has 1 aromatic carbocycles. The molecule has 0 saturated carbocycles. The van der Waals surface area contributed by atoms with Gasteiger partial charge in [0.15, 0.2) is 5.11 Å². The maximum atomic E-state index is 12.0. The number of halogens is 2. The number of ether oxygens (including phenoxy) is 1. The fraction of sp³-hybridized carbons (Fsp3) is 0.0833. The second kappa shape index (κ2) is 5.74. The van der Waals surface area contributed by atoms with Crippen LogP contribution in [-0.2, 0) is 9.59 Å². The maximum absolute atomic E-state index is 12.0. The van der Waals surface area contributed by atoms with Crippen LogP contribution in [0, 0.1) is 0 Å². The molecule has 0 aliphatic carbocycles. The Morgan fingerprint density at radius 2 is 1.65 bits per heavy atom. The quantitative estimate of drug-likeness (QED) is 0.500. The molecule has 1 aliphatic heterocycles. The molecule has 1 aliphatic rings. The zero-order chi connectivity index (χ0) is 14.7. The van der Waals surface area contributed by atoms with Gasteiger partial charge < -0.3 is 4.74 Å². The summed E-state index contributed by atoms with van der Waals surface area (Å²) in [4.78, 5) is 23.2. The zero-order valence-corrected chi connectivity index (χ0v) is 10.7. The highest BCUT2D eigenvalue weighted by molar-refractivity contribution is 7.80. The van der Waals surface area contributed by atoms with Crippen molar-refractivity contribution in [2.24, 2.45) is 0 Å². The topological polar surface area (TPSA) is 67.4 Å². The van der Waals surface area contributed by atoms with Crippen molar-refractivity contribution in [1.82, 2.24) is 10.6 Å². The van der Waals surface area contributed by atoms with Crippen LogP contribution >= 0.6 is 12.2 Å². The molecular formula is C12H8F2N2O3S. The molecule has 0 aromatic heterocycles. The van der Waals surface area contributed by atoms with Crippen molar-refractivity contribution < 1.29 is 23.1 Å². The van der Waals surface area contributed by atoms with Crippen LogP contribution in [0.15, 0.2) is 29.8 Å². The molecule has 0 spiro atoms. The number of benzene rings is 1. The summed E-state index contributed by atoms with van der Waals surface area (Å²) in [5.41, 5.74) is 0.362. The highest BCUT2D eigenvalue weighted by Crippen LogP contribution is 2.17. The third-order valence-corrected chi connectivity index (χ3v) is 2.56. The monoisotopic (exact) mass is 298 g/mol. The second-order valence-electron chi connectivity index (χ2n) is 3.74. The summed E-state index contributed by atoms with van der Waals surface area (Å²) < 4.78 is 28.1. The molecule has 1 fully saturated rings. The Morgan fingerprint density at radius 1 is 1.10 bits per heavy atom. The van der Waals surface area contributed by atoms with E-state index in [0.29, 0.717) is 5.56 Å². The summed E-state index contributed by atoms with van der Waals surface area (Å²) >= 11 is 4.66. The predicted octanol–water partition coefficient (Wildman–Crippen LogP) is 1.20. The summed E-state index contributed by atoms with van der Waals surface area (Å²) in [6, 6.07) is 5.50. The minimum absolute atomic E-state index is 0.0131. The van der Waals surface area contributed by atoms with E-state index in [1.54, 1.807) is 0 Å². The van der Waals surface area contributed by atoms with E-state index in [1.165, 1.54) is 30.3 Å². The molecule has 8 heteroatoms. The Hall–Kier alpha value is -2.35. The first kappa shape index (κ1) is 14.1.